The van der Waals surface area contributed by atoms with Gasteiger partial charge in [0.25, 0.3) is 0 Å². The summed E-state index contributed by atoms with van der Waals surface area (Å²) in [5, 5.41) is 0.820. The van der Waals surface area contributed by atoms with E-state index in [2.05, 4.69) is 18.9 Å². The molecule has 0 radical (unpaired) electrons. The summed E-state index contributed by atoms with van der Waals surface area (Å²) in [6, 6.07) is 0. The summed E-state index contributed by atoms with van der Waals surface area (Å²) in [7, 11) is 0. The molecule has 74 valence electrons. The number of unbranched alkanes of at least 4 members (excludes halogenated alkanes) is 2. The van der Waals surface area contributed by atoms with Crippen LogP contribution in [-0.2, 0) is 0 Å². The third-order valence-corrected chi connectivity index (χ3v) is 3.41. The molecule has 0 rings (SSSR count). The van der Waals surface area contributed by atoms with Gasteiger partial charge in [0.15, 0.2) is 0 Å². The largest absolute Gasteiger partial charge is 0.330 e. The molecule has 0 aliphatic carbocycles. The van der Waals surface area contributed by atoms with Crippen molar-refractivity contribution in [3.05, 3.63) is 0 Å². The standard InChI is InChI=1S/C9H21NS2/c1-12-9(6-8-11)5-3-2-4-7-10/h9,11H,2-8,10H2,1H3. The number of thioether (sulfide) groups is 1. The Morgan fingerprint density at radius 2 is 2.00 bits per heavy atom. The fourth-order valence-corrected chi connectivity index (χ4v) is 2.46. The molecule has 12 heavy (non-hydrogen) atoms. The second kappa shape index (κ2) is 9.75. The number of nitrogens with two attached hydrogens (primary N) is 1. The average Bonchev–Trinajstić information content (AvgIpc) is 2.10. The topological polar surface area (TPSA) is 26.0 Å². The molecule has 0 fully saturated rings. The minimum absolute atomic E-state index is 0.820. The molecule has 0 bridgehead atoms. The van der Waals surface area contributed by atoms with Crippen LogP contribution < -0.4 is 5.73 Å². The van der Waals surface area contributed by atoms with Crippen molar-refractivity contribution < 1.29 is 0 Å². The number of thiol groups is 1. The quantitative estimate of drug-likeness (QED) is 0.472. The maximum atomic E-state index is 5.42. The molecule has 0 amide bonds. The lowest BCUT2D eigenvalue weighted by Crippen LogP contribution is -2.04. The Labute approximate surface area is 86.3 Å². The van der Waals surface area contributed by atoms with E-state index in [0.29, 0.717) is 0 Å². The lowest BCUT2D eigenvalue weighted by atomic mass is 10.1. The molecule has 0 heterocycles. The first kappa shape index (κ1) is 12.7. The second-order valence-electron chi connectivity index (χ2n) is 3.01. The fourth-order valence-electron chi connectivity index (χ4n) is 1.22. The number of hydrogen-bond donors (Lipinski definition) is 2. The van der Waals surface area contributed by atoms with Gasteiger partial charge in [0.1, 0.15) is 0 Å². The number of hydrogen-bond acceptors (Lipinski definition) is 3. The smallest absolute Gasteiger partial charge is 0.00520 e. The van der Waals surface area contributed by atoms with Crippen molar-refractivity contribution in [2.75, 3.05) is 18.6 Å². The van der Waals surface area contributed by atoms with Gasteiger partial charge in [-0.05, 0) is 37.8 Å². The first-order valence-electron chi connectivity index (χ1n) is 4.68. The molecule has 0 aromatic rings. The minimum Gasteiger partial charge on any atom is -0.330 e. The zero-order valence-electron chi connectivity index (χ0n) is 7.96. The van der Waals surface area contributed by atoms with Crippen LogP contribution in [-0.4, -0.2) is 23.8 Å². The maximum absolute atomic E-state index is 5.42. The van der Waals surface area contributed by atoms with Crippen LogP contribution in [0.25, 0.3) is 0 Å². The highest BCUT2D eigenvalue weighted by molar-refractivity contribution is 7.99. The van der Waals surface area contributed by atoms with Gasteiger partial charge in [-0.3, -0.25) is 0 Å². The van der Waals surface area contributed by atoms with Gasteiger partial charge in [0, 0.05) is 5.25 Å². The Bertz CT molecular complexity index is 88.6. The molecule has 0 aliphatic rings. The van der Waals surface area contributed by atoms with Gasteiger partial charge in [0.2, 0.25) is 0 Å². The number of rotatable bonds is 8. The zero-order chi connectivity index (χ0) is 9.23. The molecule has 0 saturated carbocycles. The Morgan fingerprint density at radius 3 is 2.50 bits per heavy atom. The lowest BCUT2D eigenvalue weighted by molar-refractivity contribution is 0.624. The van der Waals surface area contributed by atoms with Crippen LogP contribution in [0.2, 0.25) is 0 Å². The normalized spacial score (nSPS) is 13.2. The van der Waals surface area contributed by atoms with E-state index >= 15 is 0 Å². The van der Waals surface area contributed by atoms with Gasteiger partial charge in [0.05, 0.1) is 0 Å². The summed E-state index contributed by atoms with van der Waals surface area (Å²) < 4.78 is 0. The van der Waals surface area contributed by atoms with Crippen molar-refractivity contribution in [3.8, 4) is 0 Å². The molecule has 1 nitrogen and oxygen atoms in total. The summed E-state index contributed by atoms with van der Waals surface area (Å²) >= 11 is 6.22. The molecule has 0 aromatic carbocycles. The van der Waals surface area contributed by atoms with Crippen LogP contribution in [0.5, 0.6) is 0 Å². The van der Waals surface area contributed by atoms with Gasteiger partial charge in [-0.2, -0.15) is 24.4 Å². The first-order valence-corrected chi connectivity index (χ1v) is 6.61. The monoisotopic (exact) mass is 207 g/mol. The molecule has 0 saturated heterocycles. The van der Waals surface area contributed by atoms with Crippen molar-refractivity contribution in [2.45, 2.75) is 37.4 Å². The van der Waals surface area contributed by atoms with Crippen LogP contribution in [0.15, 0.2) is 0 Å². The van der Waals surface area contributed by atoms with Crippen molar-refractivity contribution in [1.29, 1.82) is 0 Å². The van der Waals surface area contributed by atoms with E-state index in [0.717, 1.165) is 17.5 Å². The van der Waals surface area contributed by atoms with E-state index < -0.39 is 0 Å². The summed E-state index contributed by atoms with van der Waals surface area (Å²) in [5.41, 5.74) is 5.42. The molecular weight excluding hydrogens is 186 g/mol. The Balaban J connectivity index is 3.19. The van der Waals surface area contributed by atoms with E-state index in [4.69, 9.17) is 5.73 Å². The van der Waals surface area contributed by atoms with Crippen LogP contribution in [0, 0.1) is 0 Å². The first-order chi connectivity index (χ1) is 5.85. The second-order valence-corrected chi connectivity index (χ2v) is 4.59. The summed E-state index contributed by atoms with van der Waals surface area (Å²) in [6.07, 6.45) is 8.57. The van der Waals surface area contributed by atoms with Crippen molar-refractivity contribution in [2.24, 2.45) is 5.73 Å². The molecule has 1 atom stereocenters. The average molecular weight is 207 g/mol. The van der Waals surface area contributed by atoms with E-state index in [-0.39, 0.29) is 0 Å². The van der Waals surface area contributed by atoms with E-state index in [1.54, 1.807) is 0 Å². The molecule has 0 aromatic heterocycles. The van der Waals surface area contributed by atoms with Crippen LogP contribution in [0.4, 0.5) is 0 Å². The van der Waals surface area contributed by atoms with E-state index in [1.165, 1.54) is 32.1 Å². The van der Waals surface area contributed by atoms with Crippen LogP contribution >= 0.6 is 24.4 Å². The molecule has 1 unspecified atom stereocenters. The van der Waals surface area contributed by atoms with Crippen molar-refractivity contribution in [3.63, 3.8) is 0 Å². The Kier molecular flexibility index (Phi) is 10.3. The highest BCUT2D eigenvalue weighted by Crippen LogP contribution is 2.18. The summed E-state index contributed by atoms with van der Waals surface area (Å²) in [4.78, 5) is 0. The van der Waals surface area contributed by atoms with Crippen LogP contribution in [0.3, 0.4) is 0 Å². The van der Waals surface area contributed by atoms with E-state index in [9.17, 15) is 0 Å². The van der Waals surface area contributed by atoms with Crippen molar-refractivity contribution >= 4 is 24.4 Å². The predicted octanol–water partition coefficient (Wildman–Crippen LogP) is 2.56. The zero-order valence-corrected chi connectivity index (χ0v) is 9.67. The maximum Gasteiger partial charge on any atom is 0.00520 e. The van der Waals surface area contributed by atoms with Gasteiger partial charge < -0.3 is 5.73 Å². The fraction of sp³-hybridized carbons (Fsp3) is 1.00. The third kappa shape index (κ3) is 7.32. The Hall–Kier alpha value is 0.660. The molecule has 0 aliphatic heterocycles. The Morgan fingerprint density at radius 1 is 1.25 bits per heavy atom. The van der Waals surface area contributed by atoms with E-state index in [1.807, 2.05) is 11.8 Å². The highest BCUT2D eigenvalue weighted by atomic mass is 32.2. The van der Waals surface area contributed by atoms with Gasteiger partial charge in [-0.1, -0.05) is 12.8 Å². The highest BCUT2D eigenvalue weighted by Gasteiger charge is 2.04. The molecular formula is C9H21NS2. The summed E-state index contributed by atoms with van der Waals surface area (Å²) in [5.74, 6) is 1.02. The van der Waals surface area contributed by atoms with Crippen LogP contribution in [0.1, 0.15) is 32.1 Å². The van der Waals surface area contributed by atoms with Gasteiger partial charge >= 0.3 is 0 Å². The van der Waals surface area contributed by atoms with Gasteiger partial charge in [-0.15, -0.1) is 0 Å². The predicted molar refractivity (Wildman–Crippen MR) is 63.3 cm³/mol. The molecule has 0 spiro atoms. The molecule has 2 N–H and O–H groups in total. The minimum atomic E-state index is 0.820. The third-order valence-electron chi connectivity index (χ3n) is 2.01. The lowest BCUT2D eigenvalue weighted by Gasteiger charge is -2.11. The van der Waals surface area contributed by atoms with Crippen molar-refractivity contribution in [1.82, 2.24) is 0 Å². The molecule has 3 heteroatoms. The summed E-state index contributed by atoms with van der Waals surface area (Å²) in [6.45, 7) is 0.844. The van der Waals surface area contributed by atoms with Gasteiger partial charge in [-0.25, -0.2) is 0 Å². The SMILES string of the molecule is CSC(CCS)CCCCCN.